The van der Waals surface area contributed by atoms with Crippen LogP contribution in [-0.4, -0.2) is 31.1 Å². The summed E-state index contributed by atoms with van der Waals surface area (Å²) in [5.74, 6) is 1.39. The lowest BCUT2D eigenvalue weighted by Gasteiger charge is -2.41. The first-order valence-corrected chi connectivity index (χ1v) is 8.71. The van der Waals surface area contributed by atoms with Crippen molar-refractivity contribution in [1.29, 1.82) is 0 Å². The summed E-state index contributed by atoms with van der Waals surface area (Å²) in [5, 5.41) is 0. The molecule has 0 bridgehead atoms. The standard InChI is InChI=1S/C19H32N2/c1-3-4-8-13-21(2)19-14-17(11-12-18(19)15-20)16-9-6-5-7-10-16/h5-7,9-10,17-19H,3-4,8,11-15,20H2,1-2H3. The number of nitrogens with zero attached hydrogens (tertiary/aromatic N) is 1. The van der Waals surface area contributed by atoms with Crippen molar-refractivity contribution in [3.05, 3.63) is 35.9 Å². The average Bonchev–Trinajstić information content (AvgIpc) is 2.55. The first kappa shape index (κ1) is 16.5. The van der Waals surface area contributed by atoms with Crippen LogP contribution >= 0.6 is 0 Å². The molecule has 0 aromatic heterocycles. The van der Waals surface area contributed by atoms with E-state index in [1.807, 2.05) is 0 Å². The summed E-state index contributed by atoms with van der Waals surface area (Å²) in [6, 6.07) is 11.7. The van der Waals surface area contributed by atoms with Crippen molar-refractivity contribution in [2.75, 3.05) is 20.1 Å². The topological polar surface area (TPSA) is 29.3 Å². The average molecular weight is 288 g/mol. The minimum atomic E-state index is 0.658. The molecule has 3 unspecified atom stereocenters. The highest BCUT2D eigenvalue weighted by molar-refractivity contribution is 5.20. The van der Waals surface area contributed by atoms with Gasteiger partial charge in [-0.15, -0.1) is 0 Å². The normalized spacial score (nSPS) is 26.2. The van der Waals surface area contributed by atoms with Gasteiger partial charge in [0, 0.05) is 6.04 Å². The monoisotopic (exact) mass is 288 g/mol. The van der Waals surface area contributed by atoms with Gasteiger partial charge in [0.1, 0.15) is 0 Å². The number of rotatable bonds is 7. The van der Waals surface area contributed by atoms with Crippen LogP contribution in [-0.2, 0) is 0 Å². The molecule has 2 rings (SSSR count). The van der Waals surface area contributed by atoms with Crippen molar-refractivity contribution in [2.24, 2.45) is 11.7 Å². The van der Waals surface area contributed by atoms with Crippen LogP contribution in [0.1, 0.15) is 56.9 Å². The molecule has 1 aromatic carbocycles. The van der Waals surface area contributed by atoms with Crippen molar-refractivity contribution in [1.82, 2.24) is 4.90 Å². The van der Waals surface area contributed by atoms with E-state index in [0.29, 0.717) is 17.9 Å². The molecule has 0 aliphatic heterocycles. The zero-order chi connectivity index (χ0) is 15.1. The Kier molecular flexibility index (Phi) is 6.72. The Morgan fingerprint density at radius 3 is 2.57 bits per heavy atom. The predicted octanol–water partition coefficient (Wildman–Crippen LogP) is 4.02. The molecule has 0 spiro atoms. The van der Waals surface area contributed by atoms with Crippen LogP contribution in [0.5, 0.6) is 0 Å². The summed E-state index contributed by atoms with van der Waals surface area (Å²) >= 11 is 0. The van der Waals surface area contributed by atoms with Crippen LogP contribution in [0.3, 0.4) is 0 Å². The van der Waals surface area contributed by atoms with Gasteiger partial charge in [0.2, 0.25) is 0 Å². The Morgan fingerprint density at radius 2 is 1.90 bits per heavy atom. The summed E-state index contributed by atoms with van der Waals surface area (Å²) < 4.78 is 0. The van der Waals surface area contributed by atoms with Crippen molar-refractivity contribution < 1.29 is 0 Å². The van der Waals surface area contributed by atoms with E-state index in [1.54, 1.807) is 0 Å². The first-order chi connectivity index (χ1) is 10.3. The van der Waals surface area contributed by atoms with E-state index in [-0.39, 0.29) is 0 Å². The van der Waals surface area contributed by atoms with Gasteiger partial charge in [-0.3, -0.25) is 0 Å². The molecule has 21 heavy (non-hydrogen) atoms. The molecule has 1 aliphatic carbocycles. The number of benzene rings is 1. The summed E-state index contributed by atoms with van der Waals surface area (Å²) in [4.78, 5) is 2.59. The molecule has 3 atom stereocenters. The van der Waals surface area contributed by atoms with E-state index < -0.39 is 0 Å². The van der Waals surface area contributed by atoms with E-state index >= 15 is 0 Å². The lowest BCUT2D eigenvalue weighted by atomic mass is 9.75. The van der Waals surface area contributed by atoms with Gasteiger partial charge >= 0.3 is 0 Å². The Hall–Kier alpha value is -0.860. The molecular weight excluding hydrogens is 256 g/mol. The second-order valence-electron chi connectivity index (χ2n) is 6.67. The van der Waals surface area contributed by atoms with Crippen molar-refractivity contribution >= 4 is 0 Å². The molecule has 0 saturated heterocycles. The van der Waals surface area contributed by atoms with Gasteiger partial charge in [0.25, 0.3) is 0 Å². The molecule has 2 heteroatoms. The van der Waals surface area contributed by atoms with Crippen molar-refractivity contribution in [2.45, 2.75) is 57.4 Å². The maximum atomic E-state index is 6.04. The van der Waals surface area contributed by atoms with Crippen LogP contribution in [0.2, 0.25) is 0 Å². The molecule has 0 radical (unpaired) electrons. The highest BCUT2D eigenvalue weighted by atomic mass is 15.1. The molecule has 1 aromatic rings. The van der Waals surface area contributed by atoms with E-state index in [2.05, 4.69) is 49.2 Å². The van der Waals surface area contributed by atoms with Gasteiger partial charge in [0.15, 0.2) is 0 Å². The summed E-state index contributed by atoms with van der Waals surface area (Å²) in [5.41, 5.74) is 7.56. The number of hydrogen-bond donors (Lipinski definition) is 1. The van der Waals surface area contributed by atoms with E-state index in [9.17, 15) is 0 Å². The molecule has 2 N–H and O–H groups in total. The Morgan fingerprint density at radius 1 is 1.14 bits per heavy atom. The third-order valence-corrected chi connectivity index (χ3v) is 5.21. The van der Waals surface area contributed by atoms with E-state index in [4.69, 9.17) is 5.73 Å². The summed E-state index contributed by atoms with van der Waals surface area (Å²) in [6.07, 6.45) is 7.80. The smallest absolute Gasteiger partial charge is 0.0138 e. The van der Waals surface area contributed by atoms with Crippen molar-refractivity contribution in [3.8, 4) is 0 Å². The molecule has 1 saturated carbocycles. The summed E-state index contributed by atoms with van der Waals surface area (Å²) in [6.45, 7) is 4.33. The van der Waals surface area contributed by atoms with Gasteiger partial charge in [-0.1, -0.05) is 50.1 Å². The first-order valence-electron chi connectivity index (χ1n) is 8.71. The fraction of sp³-hybridized carbons (Fsp3) is 0.684. The SMILES string of the molecule is CCCCCN(C)C1CC(c2ccccc2)CCC1CN. The van der Waals surface area contributed by atoms with Gasteiger partial charge in [-0.2, -0.15) is 0 Å². The second kappa shape index (κ2) is 8.55. The quantitative estimate of drug-likeness (QED) is 0.768. The van der Waals surface area contributed by atoms with Gasteiger partial charge in [0.05, 0.1) is 0 Å². The molecule has 1 aliphatic rings. The highest BCUT2D eigenvalue weighted by Gasteiger charge is 2.32. The van der Waals surface area contributed by atoms with Gasteiger partial charge < -0.3 is 10.6 Å². The highest BCUT2D eigenvalue weighted by Crippen LogP contribution is 2.37. The van der Waals surface area contributed by atoms with Crippen LogP contribution in [0.4, 0.5) is 0 Å². The minimum Gasteiger partial charge on any atom is -0.330 e. The maximum Gasteiger partial charge on any atom is 0.0138 e. The lowest BCUT2D eigenvalue weighted by Crippen LogP contribution is -2.45. The largest absolute Gasteiger partial charge is 0.330 e. The Balaban J connectivity index is 1.98. The Labute approximate surface area is 130 Å². The molecule has 2 nitrogen and oxygen atoms in total. The van der Waals surface area contributed by atoms with E-state index in [0.717, 1.165) is 6.54 Å². The van der Waals surface area contributed by atoms with Crippen LogP contribution < -0.4 is 5.73 Å². The van der Waals surface area contributed by atoms with Gasteiger partial charge in [-0.25, -0.2) is 0 Å². The Bertz CT molecular complexity index is 390. The predicted molar refractivity (Wildman–Crippen MR) is 91.5 cm³/mol. The van der Waals surface area contributed by atoms with Crippen LogP contribution in [0, 0.1) is 5.92 Å². The molecule has 1 fully saturated rings. The van der Waals surface area contributed by atoms with Crippen molar-refractivity contribution in [3.63, 3.8) is 0 Å². The fourth-order valence-electron chi connectivity index (χ4n) is 3.83. The number of nitrogens with two attached hydrogens (primary N) is 1. The molecule has 0 amide bonds. The van der Waals surface area contributed by atoms with Crippen LogP contribution in [0.15, 0.2) is 30.3 Å². The van der Waals surface area contributed by atoms with E-state index in [1.165, 1.54) is 50.6 Å². The second-order valence-corrected chi connectivity index (χ2v) is 6.67. The lowest BCUT2D eigenvalue weighted by molar-refractivity contribution is 0.120. The number of unbranched alkanes of at least 4 members (excludes halogenated alkanes) is 2. The molecular formula is C19H32N2. The zero-order valence-electron chi connectivity index (χ0n) is 13.8. The van der Waals surface area contributed by atoms with Crippen LogP contribution in [0.25, 0.3) is 0 Å². The fourth-order valence-corrected chi connectivity index (χ4v) is 3.83. The maximum absolute atomic E-state index is 6.04. The molecule has 118 valence electrons. The zero-order valence-corrected chi connectivity index (χ0v) is 13.8. The summed E-state index contributed by atoms with van der Waals surface area (Å²) in [7, 11) is 2.30. The molecule has 0 heterocycles. The third-order valence-electron chi connectivity index (χ3n) is 5.21. The van der Waals surface area contributed by atoms with Gasteiger partial charge in [-0.05, 0) is 63.2 Å². The minimum absolute atomic E-state index is 0.658. The third kappa shape index (κ3) is 4.55. The number of hydrogen-bond acceptors (Lipinski definition) is 2.